The topological polar surface area (TPSA) is 60.2 Å². The van der Waals surface area contributed by atoms with Crippen molar-refractivity contribution < 1.29 is 9.26 Å². The minimum atomic E-state index is -0.0877. The third-order valence-corrected chi connectivity index (χ3v) is 3.24. The van der Waals surface area contributed by atoms with E-state index >= 15 is 0 Å². The number of nitrogens with one attached hydrogen (secondary N) is 1. The molecule has 0 aliphatic carbocycles. The molecule has 0 saturated heterocycles. The van der Waals surface area contributed by atoms with Gasteiger partial charge in [0.2, 0.25) is 5.89 Å². The van der Waals surface area contributed by atoms with Gasteiger partial charge in [-0.2, -0.15) is 4.98 Å². The largest absolute Gasteiger partial charge is 0.383 e. The summed E-state index contributed by atoms with van der Waals surface area (Å²) in [6, 6.07) is 0.357. The fourth-order valence-electron chi connectivity index (χ4n) is 2.01. The van der Waals surface area contributed by atoms with Gasteiger partial charge in [-0.3, -0.25) is 0 Å². The Balaban J connectivity index is 2.63. The molecule has 2 atom stereocenters. The minimum Gasteiger partial charge on any atom is -0.383 e. The molecule has 0 bridgehead atoms. The first-order chi connectivity index (χ1) is 9.38. The molecule has 5 heteroatoms. The standard InChI is InChI=1S/C15H29N3O2/c1-7-8-9-12(10-19-6)16-11(2)13-17-14(18-20-13)15(3,4)5/h11-12,16H,7-10H2,1-6H3. The summed E-state index contributed by atoms with van der Waals surface area (Å²) in [5.41, 5.74) is -0.0877. The lowest BCUT2D eigenvalue weighted by Gasteiger charge is -2.20. The van der Waals surface area contributed by atoms with Gasteiger partial charge < -0.3 is 14.6 Å². The van der Waals surface area contributed by atoms with Crippen LogP contribution < -0.4 is 5.32 Å². The lowest BCUT2D eigenvalue weighted by atomic mass is 9.96. The predicted molar refractivity (Wildman–Crippen MR) is 79.7 cm³/mol. The number of rotatable bonds is 8. The molecule has 1 rings (SSSR count). The number of aromatic nitrogens is 2. The van der Waals surface area contributed by atoms with Crippen LogP contribution in [0.2, 0.25) is 0 Å². The van der Waals surface area contributed by atoms with E-state index in [4.69, 9.17) is 9.26 Å². The molecule has 0 saturated carbocycles. The van der Waals surface area contributed by atoms with Gasteiger partial charge >= 0.3 is 0 Å². The van der Waals surface area contributed by atoms with E-state index in [1.807, 2.05) is 0 Å². The summed E-state index contributed by atoms with van der Waals surface area (Å²) in [5, 5.41) is 7.58. The summed E-state index contributed by atoms with van der Waals surface area (Å²) in [4.78, 5) is 4.49. The molecular weight excluding hydrogens is 254 g/mol. The second-order valence-corrected chi connectivity index (χ2v) is 6.39. The maximum Gasteiger partial charge on any atom is 0.243 e. The summed E-state index contributed by atoms with van der Waals surface area (Å²) < 4.78 is 10.6. The highest BCUT2D eigenvalue weighted by Gasteiger charge is 2.24. The molecule has 0 amide bonds. The van der Waals surface area contributed by atoms with E-state index in [1.54, 1.807) is 7.11 Å². The van der Waals surface area contributed by atoms with Crippen LogP contribution in [0.5, 0.6) is 0 Å². The van der Waals surface area contributed by atoms with Gasteiger partial charge in [0.25, 0.3) is 0 Å². The van der Waals surface area contributed by atoms with Gasteiger partial charge in [0.05, 0.1) is 12.6 Å². The van der Waals surface area contributed by atoms with Crippen LogP contribution in [-0.2, 0) is 10.2 Å². The highest BCUT2D eigenvalue weighted by molar-refractivity contribution is 5.01. The zero-order valence-electron chi connectivity index (χ0n) is 13.7. The number of hydrogen-bond donors (Lipinski definition) is 1. The molecule has 0 aliphatic rings. The fourth-order valence-corrected chi connectivity index (χ4v) is 2.01. The summed E-state index contributed by atoms with van der Waals surface area (Å²) in [7, 11) is 1.73. The fraction of sp³-hybridized carbons (Fsp3) is 0.867. The Labute approximate surface area is 122 Å². The number of ether oxygens (including phenoxy) is 1. The average Bonchev–Trinajstić information content (AvgIpc) is 2.85. The number of methoxy groups -OCH3 is 1. The molecule has 20 heavy (non-hydrogen) atoms. The van der Waals surface area contributed by atoms with Crippen LogP contribution in [0.3, 0.4) is 0 Å². The van der Waals surface area contributed by atoms with Crippen molar-refractivity contribution in [2.24, 2.45) is 0 Å². The van der Waals surface area contributed by atoms with Gasteiger partial charge in [-0.15, -0.1) is 0 Å². The van der Waals surface area contributed by atoms with Gasteiger partial charge in [0.1, 0.15) is 0 Å². The quantitative estimate of drug-likeness (QED) is 0.793. The van der Waals surface area contributed by atoms with Gasteiger partial charge in [-0.1, -0.05) is 45.7 Å². The van der Waals surface area contributed by atoms with Crippen LogP contribution in [0.1, 0.15) is 71.6 Å². The van der Waals surface area contributed by atoms with Crippen LogP contribution in [-0.4, -0.2) is 29.9 Å². The van der Waals surface area contributed by atoms with Gasteiger partial charge in [-0.05, 0) is 13.3 Å². The second kappa shape index (κ2) is 7.74. The SMILES string of the molecule is CCCCC(COC)NC(C)c1nc(C(C)(C)C)no1. The Morgan fingerprint density at radius 2 is 2.05 bits per heavy atom. The second-order valence-electron chi connectivity index (χ2n) is 6.39. The van der Waals surface area contributed by atoms with E-state index in [1.165, 1.54) is 12.8 Å². The summed E-state index contributed by atoms with van der Waals surface area (Å²) in [5.74, 6) is 1.39. The Morgan fingerprint density at radius 1 is 1.35 bits per heavy atom. The number of nitrogens with zero attached hydrogens (tertiary/aromatic N) is 2. The van der Waals surface area contributed by atoms with E-state index < -0.39 is 0 Å². The Bertz CT molecular complexity index is 385. The number of unbranched alkanes of at least 4 members (excludes halogenated alkanes) is 1. The maximum atomic E-state index is 5.37. The Kier molecular flexibility index (Phi) is 6.62. The molecule has 0 spiro atoms. The molecule has 5 nitrogen and oxygen atoms in total. The van der Waals surface area contributed by atoms with Crippen LogP contribution in [0.15, 0.2) is 4.52 Å². The first kappa shape index (κ1) is 17.1. The first-order valence-electron chi connectivity index (χ1n) is 7.47. The Morgan fingerprint density at radius 3 is 2.55 bits per heavy atom. The van der Waals surface area contributed by atoms with E-state index in [0.717, 1.165) is 12.2 Å². The average molecular weight is 283 g/mol. The number of hydrogen-bond acceptors (Lipinski definition) is 5. The van der Waals surface area contributed by atoms with E-state index in [2.05, 4.69) is 50.1 Å². The molecule has 116 valence electrons. The molecule has 1 aromatic rings. The van der Waals surface area contributed by atoms with Crippen LogP contribution >= 0.6 is 0 Å². The molecule has 0 aliphatic heterocycles. The van der Waals surface area contributed by atoms with Crippen molar-refractivity contribution in [3.63, 3.8) is 0 Å². The van der Waals surface area contributed by atoms with Gasteiger partial charge in [0, 0.05) is 18.6 Å². The molecule has 1 N–H and O–H groups in total. The molecule has 0 radical (unpaired) electrons. The van der Waals surface area contributed by atoms with E-state index in [-0.39, 0.29) is 11.5 Å². The molecule has 1 aromatic heterocycles. The van der Waals surface area contributed by atoms with Crippen molar-refractivity contribution in [3.8, 4) is 0 Å². The van der Waals surface area contributed by atoms with Crippen molar-refractivity contribution in [3.05, 3.63) is 11.7 Å². The van der Waals surface area contributed by atoms with Crippen LogP contribution in [0.4, 0.5) is 0 Å². The molecular formula is C15H29N3O2. The lowest BCUT2D eigenvalue weighted by Crippen LogP contribution is -2.35. The smallest absolute Gasteiger partial charge is 0.243 e. The van der Waals surface area contributed by atoms with Crippen molar-refractivity contribution in [2.75, 3.05) is 13.7 Å². The normalized spacial score (nSPS) is 15.3. The zero-order chi connectivity index (χ0) is 15.2. The highest BCUT2D eigenvalue weighted by Crippen LogP contribution is 2.21. The molecule has 1 heterocycles. The summed E-state index contributed by atoms with van der Waals surface area (Å²) >= 11 is 0. The van der Waals surface area contributed by atoms with Crippen molar-refractivity contribution in [2.45, 2.75) is 71.4 Å². The maximum absolute atomic E-state index is 5.37. The monoisotopic (exact) mass is 283 g/mol. The molecule has 2 unspecified atom stereocenters. The first-order valence-corrected chi connectivity index (χ1v) is 7.47. The van der Waals surface area contributed by atoms with Crippen molar-refractivity contribution >= 4 is 0 Å². The minimum absolute atomic E-state index is 0.0376. The highest BCUT2D eigenvalue weighted by atomic mass is 16.5. The zero-order valence-corrected chi connectivity index (χ0v) is 13.7. The molecule has 0 fully saturated rings. The van der Waals surface area contributed by atoms with E-state index in [9.17, 15) is 0 Å². The van der Waals surface area contributed by atoms with E-state index in [0.29, 0.717) is 18.5 Å². The van der Waals surface area contributed by atoms with Crippen LogP contribution in [0.25, 0.3) is 0 Å². The van der Waals surface area contributed by atoms with Gasteiger partial charge in [0.15, 0.2) is 5.82 Å². The van der Waals surface area contributed by atoms with Crippen molar-refractivity contribution in [1.29, 1.82) is 0 Å². The van der Waals surface area contributed by atoms with Crippen molar-refractivity contribution in [1.82, 2.24) is 15.5 Å². The predicted octanol–water partition coefficient (Wildman–Crippen LogP) is 3.22. The summed E-state index contributed by atoms with van der Waals surface area (Å²) in [6.45, 7) is 11.2. The summed E-state index contributed by atoms with van der Waals surface area (Å²) in [6.07, 6.45) is 3.46. The third kappa shape index (κ3) is 5.21. The Hall–Kier alpha value is -0.940. The lowest BCUT2D eigenvalue weighted by molar-refractivity contribution is 0.152. The van der Waals surface area contributed by atoms with Crippen LogP contribution in [0, 0.1) is 0 Å². The molecule has 0 aromatic carbocycles. The third-order valence-electron chi connectivity index (χ3n) is 3.24. The van der Waals surface area contributed by atoms with Gasteiger partial charge in [-0.25, -0.2) is 0 Å².